The molecule has 0 bridgehead atoms. The number of pyridine rings is 1. The molecule has 0 amide bonds. The lowest BCUT2D eigenvalue weighted by atomic mass is 10.4. The molecule has 2 aromatic rings. The van der Waals surface area contributed by atoms with E-state index in [0.717, 1.165) is 5.69 Å². The van der Waals surface area contributed by atoms with Crippen molar-refractivity contribution in [3.05, 3.63) is 30.9 Å². The standard InChI is InChI=1S/C8H8N4O/c9-7-3-6(1-2-11-7)12-8-4-10-5-13-8/h1-5H,(H3,9,11,12). The van der Waals surface area contributed by atoms with Gasteiger partial charge in [0.1, 0.15) is 5.82 Å². The van der Waals surface area contributed by atoms with E-state index in [-0.39, 0.29) is 0 Å². The molecular weight excluding hydrogens is 168 g/mol. The molecule has 0 aliphatic rings. The number of hydrogen-bond donors (Lipinski definition) is 2. The maximum atomic E-state index is 5.49. The van der Waals surface area contributed by atoms with Gasteiger partial charge in [0.05, 0.1) is 6.20 Å². The quantitative estimate of drug-likeness (QED) is 0.723. The Labute approximate surface area is 74.6 Å². The van der Waals surface area contributed by atoms with Crippen LogP contribution < -0.4 is 11.1 Å². The number of oxazole rings is 1. The van der Waals surface area contributed by atoms with E-state index in [1.54, 1.807) is 24.5 Å². The largest absolute Gasteiger partial charge is 0.428 e. The van der Waals surface area contributed by atoms with Crippen molar-refractivity contribution in [3.63, 3.8) is 0 Å². The van der Waals surface area contributed by atoms with Crippen molar-refractivity contribution in [2.75, 3.05) is 11.1 Å². The second-order valence-corrected chi connectivity index (χ2v) is 2.46. The molecule has 0 fully saturated rings. The van der Waals surface area contributed by atoms with Crippen LogP contribution in [0.25, 0.3) is 0 Å². The van der Waals surface area contributed by atoms with E-state index in [1.807, 2.05) is 0 Å². The third kappa shape index (κ3) is 1.76. The SMILES string of the molecule is Nc1cc(Nc2cnco2)ccn1. The number of anilines is 3. The van der Waals surface area contributed by atoms with Crippen LogP contribution in [-0.4, -0.2) is 9.97 Å². The van der Waals surface area contributed by atoms with Gasteiger partial charge in [-0.2, -0.15) is 0 Å². The predicted octanol–water partition coefficient (Wildman–Crippen LogP) is 1.40. The number of nitrogens with one attached hydrogen (secondary N) is 1. The molecule has 2 rings (SSSR count). The Kier molecular flexibility index (Phi) is 1.84. The molecule has 2 heterocycles. The highest BCUT2D eigenvalue weighted by atomic mass is 16.4. The molecule has 0 aliphatic heterocycles. The van der Waals surface area contributed by atoms with Gasteiger partial charge < -0.3 is 15.5 Å². The Bertz CT molecular complexity index is 385. The van der Waals surface area contributed by atoms with E-state index in [0.29, 0.717) is 11.7 Å². The average Bonchev–Trinajstić information content (AvgIpc) is 2.57. The Morgan fingerprint density at radius 2 is 2.38 bits per heavy atom. The van der Waals surface area contributed by atoms with Crippen LogP contribution in [0.1, 0.15) is 0 Å². The zero-order valence-electron chi connectivity index (χ0n) is 6.77. The molecule has 0 unspecified atom stereocenters. The fraction of sp³-hybridized carbons (Fsp3) is 0. The lowest BCUT2D eigenvalue weighted by Gasteiger charge is -2.01. The number of aromatic nitrogens is 2. The van der Waals surface area contributed by atoms with Crippen LogP contribution >= 0.6 is 0 Å². The molecule has 5 heteroatoms. The molecule has 0 saturated heterocycles. The van der Waals surface area contributed by atoms with Crippen LogP contribution in [0.3, 0.4) is 0 Å². The van der Waals surface area contributed by atoms with Gasteiger partial charge in [-0.05, 0) is 6.07 Å². The Balaban J connectivity index is 2.19. The molecule has 0 aliphatic carbocycles. The molecular formula is C8H8N4O. The van der Waals surface area contributed by atoms with Crippen LogP contribution in [0, 0.1) is 0 Å². The highest BCUT2D eigenvalue weighted by molar-refractivity contribution is 5.57. The van der Waals surface area contributed by atoms with Crippen LogP contribution in [0.2, 0.25) is 0 Å². The number of nitrogens with two attached hydrogens (primary N) is 1. The third-order valence-corrected chi connectivity index (χ3v) is 1.48. The summed E-state index contributed by atoms with van der Waals surface area (Å²) in [5.41, 5.74) is 6.31. The molecule has 66 valence electrons. The lowest BCUT2D eigenvalue weighted by molar-refractivity contribution is 0.575. The lowest BCUT2D eigenvalue weighted by Crippen LogP contribution is -1.92. The molecule has 0 radical (unpaired) electrons. The van der Waals surface area contributed by atoms with Gasteiger partial charge in [0, 0.05) is 18.0 Å². The molecule has 0 atom stereocenters. The molecule has 2 aromatic heterocycles. The Morgan fingerprint density at radius 1 is 1.46 bits per heavy atom. The van der Waals surface area contributed by atoms with E-state index < -0.39 is 0 Å². The molecule has 13 heavy (non-hydrogen) atoms. The maximum Gasteiger partial charge on any atom is 0.217 e. The number of hydrogen-bond acceptors (Lipinski definition) is 5. The van der Waals surface area contributed by atoms with Crippen molar-refractivity contribution in [2.45, 2.75) is 0 Å². The summed E-state index contributed by atoms with van der Waals surface area (Å²) in [6.07, 6.45) is 4.55. The molecule has 5 nitrogen and oxygen atoms in total. The summed E-state index contributed by atoms with van der Waals surface area (Å²) in [4.78, 5) is 7.63. The summed E-state index contributed by atoms with van der Waals surface area (Å²) in [6, 6.07) is 3.50. The smallest absolute Gasteiger partial charge is 0.217 e. The second-order valence-electron chi connectivity index (χ2n) is 2.46. The highest BCUT2D eigenvalue weighted by Crippen LogP contribution is 2.15. The van der Waals surface area contributed by atoms with Gasteiger partial charge in [0.2, 0.25) is 5.88 Å². The monoisotopic (exact) mass is 176 g/mol. The van der Waals surface area contributed by atoms with E-state index in [2.05, 4.69) is 15.3 Å². The Hall–Kier alpha value is -2.04. The minimum absolute atomic E-state index is 0.463. The van der Waals surface area contributed by atoms with Crippen molar-refractivity contribution < 1.29 is 4.42 Å². The van der Waals surface area contributed by atoms with E-state index >= 15 is 0 Å². The molecule has 3 N–H and O–H groups in total. The minimum Gasteiger partial charge on any atom is -0.428 e. The van der Waals surface area contributed by atoms with Gasteiger partial charge in [-0.1, -0.05) is 0 Å². The van der Waals surface area contributed by atoms with E-state index in [1.165, 1.54) is 6.39 Å². The van der Waals surface area contributed by atoms with Gasteiger partial charge in [0.25, 0.3) is 0 Å². The summed E-state index contributed by atoms with van der Waals surface area (Å²) in [5.74, 6) is 1.04. The van der Waals surface area contributed by atoms with Crippen LogP contribution in [0.5, 0.6) is 0 Å². The van der Waals surface area contributed by atoms with Gasteiger partial charge in [0.15, 0.2) is 6.39 Å². The van der Waals surface area contributed by atoms with Gasteiger partial charge in [-0.25, -0.2) is 9.97 Å². The van der Waals surface area contributed by atoms with Gasteiger partial charge >= 0.3 is 0 Å². The zero-order valence-corrected chi connectivity index (χ0v) is 6.77. The van der Waals surface area contributed by atoms with Gasteiger partial charge in [-0.3, -0.25) is 0 Å². The molecule has 0 saturated carbocycles. The first-order valence-electron chi connectivity index (χ1n) is 3.71. The van der Waals surface area contributed by atoms with Gasteiger partial charge in [-0.15, -0.1) is 0 Å². The van der Waals surface area contributed by atoms with Crippen molar-refractivity contribution in [3.8, 4) is 0 Å². The zero-order chi connectivity index (χ0) is 9.10. The van der Waals surface area contributed by atoms with Crippen molar-refractivity contribution >= 4 is 17.4 Å². The van der Waals surface area contributed by atoms with E-state index in [9.17, 15) is 0 Å². The predicted molar refractivity (Wildman–Crippen MR) is 48.4 cm³/mol. The average molecular weight is 176 g/mol. The van der Waals surface area contributed by atoms with Crippen LogP contribution in [0.15, 0.2) is 35.3 Å². The summed E-state index contributed by atoms with van der Waals surface area (Å²) < 4.78 is 4.99. The first-order chi connectivity index (χ1) is 6.34. The van der Waals surface area contributed by atoms with Crippen molar-refractivity contribution in [1.82, 2.24) is 9.97 Å². The van der Waals surface area contributed by atoms with E-state index in [4.69, 9.17) is 10.2 Å². The molecule has 0 spiro atoms. The normalized spacial score (nSPS) is 9.85. The summed E-state index contributed by atoms with van der Waals surface area (Å²) in [5, 5.41) is 2.98. The second kappa shape index (κ2) is 3.14. The summed E-state index contributed by atoms with van der Waals surface area (Å²) >= 11 is 0. The Morgan fingerprint density at radius 3 is 3.08 bits per heavy atom. The van der Waals surface area contributed by atoms with Crippen molar-refractivity contribution in [2.24, 2.45) is 0 Å². The highest BCUT2D eigenvalue weighted by Gasteiger charge is 1.97. The minimum atomic E-state index is 0.463. The maximum absolute atomic E-state index is 5.49. The summed E-state index contributed by atoms with van der Waals surface area (Å²) in [7, 11) is 0. The number of rotatable bonds is 2. The molecule has 0 aromatic carbocycles. The first-order valence-corrected chi connectivity index (χ1v) is 3.71. The third-order valence-electron chi connectivity index (χ3n) is 1.48. The number of nitrogen functional groups attached to an aromatic ring is 1. The first kappa shape index (κ1) is 7.60. The summed E-state index contributed by atoms with van der Waals surface area (Å²) in [6.45, 7) is 0. The number of nitrogens with zero attached hydrogens (tertiary/aromatic N) is 2. The topological polar surface area (TPSA) is 77.0 Å². The van der Waals surface area contributed by atoms with Crippen LogP contribution in [0.4, 0.5) is 17.4 Å². The fourth-order valence-electron chi connectivity index (χ4n) is 0.946. The fourth-order valence-corrected chi connectivity index (χ4v) is 0.946. The van der Waals surface area contributed by atoms with Crippen LogP contribution in [-0.2, 0) is 0 Å². The van der Waals surface area contributed by atoms with Crippen molar-refractivity contribution in [1.29, 1.82) is 0 Å².